The predicted molar refractivity (Wildman–Crippen MR) is 63.0 cm³/mol. The molecule has 1 aromatic heterocycles. The first-order valence-corrected chi connectivity index (χ1v) is 4.97. The number of nitrogen functional groups attached to an aromatic ring is 1. The number of carbonyl (C=O) groups is 1. The van der Waals surface area contributed by atoms with Crippen molar-refractivity contribution in [1.82, 2.24) is 20.3 Å². The molecule has 2 rings (SSSR count). The monoisotopic (exact) mass is 246 g/mol. The van der Waals surface area contributed by atoms with E-state index < -0.39 is 0 Å². The number of nitrogens with two attached hydrogens (primary N) is 1. The maximum absolute atomic E-state index is 11.2. The number of benzene rings is 1. The second kappa shape index (κ2) is 5.04. The molecule has 2 aromatic rings. The zero-order valence-corrected chi connectivity index (χ0v) is 9.52. The van der Waals surface area contributed by atoms with E-state index >= 15 is 0 Å². The maximum Gasteiger partial charge on any atom is 0.337 e. The smallest absolute Gasteiger partial charge is 0.337 e. The van der Waals surface area contributed by atoms with E-state index in [9.17, 15) is 4.79 Å². The number of nitrogens with zero attached hydrogens (tertiary/aromatic N) is 5. The Labute approximate surface area is 102 Å². The van der Waals surface area contributed by atoms with Gasteiger partial charge in [-0.25, -0.2) is 4.79 Å². The summed E-state index contributed by atoms with van der Waals surface area (Å²) in [6.07, 6.45) is 1.52. The SMILES string of the molecule is COC(=O)c1ccc(/C=N\n2nnnc2N)cc1. The Kier molecular flexibility index (Phi) is 3.28. The molecular formula is C10H10N6O2. The van der Waals surface area contributed by atoms with Crippen LogP contribution in [0.3, 0.4) is 0 Å². The molecule has 92 valence electrons. The Morgan fingerprint density at radius 2 is 2.17 bits per heavy atom. The predicted octanol–water partition coefficient (Wildman–Crippen LogP) is -0.0759. The summed E-state index contributed by atoms with van der Waals surface area (Å²) in [7, 11) is 1.33. The van der Waals surface area contributed by atoms with Crippen molar-refractivity contribution in [1.29, 1.82) is 0 Å². The summed E-state index contributed by atoms with van der Waals surface area (Å²) in [5.74, 6) is -0.291. The lowest BCUT2D eigenvalue weighted by atomic mass is 10.1. The van der Waals surface area contributed by atoms with Crippen molar-refractivity contribution < 1.29 is 9.53 Å². The fourth-order valence-corrected chi connectivity index (χ4v) is 1.22. The Morgan fingerprint density at radius 1 is 1.44 bits per heavy atom. The van der Waals surface area contributed by atoms with Gasteiger partial charge in [-0.2, -0.15) is 5.10 Å². The lowest BCUT2D eigenvalue weighted by molar-refractivity contribution is 0.0601. The summed E-state index contributed by atoms with van der Waals surface area (Å²) >= 11 is 0. The third kappa shape index (κ3) is 2.48. The first-order valence-electron chi connectivity index (χ1n) is 4.97. The minimum atomic E-state index is -0.386. The topological polar surface area (TPSA) is 108 Å². The number of carbonyl (C=O) groups excluding carboxylic acids is 1. The van der Waals surface area contributed by atoms with Gasteiger partial charge >= 0.3 is 5.97 Å². The fraction of sp³-hybridized carbons (Fsp3) is 0.100. The molecule has 1 heterocycles. The van der Waals surface area contributed by atoms with Crippen LogP contribution in [0, 0.1) is 0 Å². The molecule has 0 aliphatic carbocycles. The van der Waals surface area contributed by atoms with Crippen LogP contribution in [0.5, 0.6) is 0 Å². The average molecular weight is 246 g/mol. The normalized spacial score (nSPS) is 10.7. The van der Waals surface area contributed by atoms with E-state index in [0.717, 1.165) is 10.4 Å². The molecule has 18 heavy (non-hydrogen) atoms. The number of anilines is 1. The van der Waals surface area contributed by atoms with Crippen molar-refractivity contribution in [3.8, 4) is 0 Å². The zero-order valence-electron chi connectivity index (χ0n) is 9.52. The molecule has 0 atom stereocenters. The van der Waals surface area contributed by atoms with Crippen molar-refractivity contribution in [2.45, 2.75) is 0 Å². The van der Waals surface area contributed by atoms with Crippen LogP contribution in [0.25, 0.3) is 0 Å². The highest BCUT2D eigenvalue weighted by Crippen LogP contribution is 2.04. The molecule has 0 aliphatic rings. The lowest BCUT2D eigenvalue weighted by Gasteiger charge is -1.98. The number of tetrazole rings is 1. The Bertz CT molecular complexity index is 574. The fourth-order valence-electron chi connectivity index (χ4n) is 1.22. The second-order valence-corrected chi connectivity index (χ2v) is 3.28. The Balaban J connectivity index is 2.14. The van der Waals surface area contributed by atoms with Crippen molar-refractivity contribution in [3.05, 3.63) is 35.4 Å². The first-order chi connectivity index (χ1) is 8.70. The number of esters is 1. The summed E-state index contributed by atoms with van der Waals surface area (Å²) < 4.78 is 4.59. The van der Waals surface area contributed by atoms with Crippen LogP contribution in [0.15, 0.2) is 29.4 Å². The summed E-state index contributed by atoms with van der Waals surface area (Å²) in [6, 6.07) is 6.71. The number of hydrogen-bond acceptors (Lipinski definition) is 7. The second-order valence-electron chi connectivity index (χ2n) is 3.28. The number of ether oxygens (including phenoxy) is 1. The van der Waals surface area contributed by atoms with Crippen LogP contribution in [0.1, 0.15) is 15.9 Å². The Morgan fingerprint density at radius 3 is 2.72 bits per heavy atom. The van der Waals surface area contributed by atoms with Gasteiger partial charge in [0.05, 0.1) is 18.9 Å². The summed E-state index contributed by atoms with van der Waals surface area (Å²) in [6.45, 7) is 0. The number of hydrogen-bond donors (Lipinski definition) is 1. The Hall–Kier alpha value is -2.77. The summed E-state index contributed by atoms with van der Waals surface area (Å²) in [4.78, 5) is 12.3. The van der Waals surface area contributed by atoms with E-state index in [1.165, 1.54) is 13.3 Å². The van der Waals surface area contributed by atoms with Crippen molar-refractivity contribution >= 4 is 18.1 Å². The van der Waals surface area contributed by atoms with Gasteiger partial charge in [-0.15, -0.1) is 0 Å². The van der Waals surface area contributed by atoms with E-state index in [2.05, 4.69) is 25.4 Å². The van der Waals surface area contributed by atoms with Gasteiger partial charge in [0, 0.05) is 0 Å². The van der Waals surface area contributed by atoms with Gasteiger partial charge in [-0.3, -0.25) is 0 Å². The van der Waals surface area contributed by atoms with E-state index in [1.807, 2.05) is 0 Å². The van der Waals surface area contributed by atoms with Crippen LogP contribution in [0.4, 0.5) is 5.95 Å². The van der Waals surface area contributed by atoms with Crippen molar-refractivity contribution in [3.63, 3.8) is 0 Å². The standard InChI is InChI=1S/C10H10N6O2/c1-18-9(17)8-4-2-7(3-5-8)6-12-16-10(11)13-14-15-16/h2-6H,1H3,(H2,11,13,15)/b12-6-. The largest absolute Gasteiger partial charge is 0.465 e. The zero-order chi connectivity index (χ0) is 13.0. The lowest BCUT2D eigenvalue weighted by Crippen LogP contribution is -2.01. The van der Waals surface area contributed by atoms with E-state index in [4.69, 9.17) is 5.73 Å². The number of aromatic nitrogens is 4. The van der Waals surface area contributed by atoms with Gasteiger partial charge in [-0.05, 0) is 28.1 Å². The molecule has 8 nitrogen and oxygen atoms in total. The van der Waals surface area contributed by atoms with Crippen LogP contribution >= 0.6 is 0 Å². The molecule has 0 saturated heterocycles. The van der Waals surface area contributed by atoms with Gasteiger partial charge in [0.2, 0.25) is 0 Å². The third-order valence-electron chi connectivity index (χ3n) is 2.12. The third-order valence-corrected chi connectivity index (χ3v) is 2.12. The average Bonchev–Trinajstić information content (AvgIpc) is 2.81. The van der Waals surface area contributed by atoms with E-state index in [-0.39, 0.29) is 11.9 Å². The molecular weight excluding hydrogens is 236 g/mol. The highest BCUT2D eigenvalue weighted by molar-refractivity contribution is 5.90. The van der Waals surface area contributed by atoms with Crippen molar-refractivity contribution in [2.75, 3.05) is 12.8 Å². The minimum absolute atomic E-state index is 0.0948. The van der Waals surface area contributed by atoms with Gasteiger partial charge in [0.1, 0.15) is 0 Å². The van der Waals surface area contributed by atoms with Crippen LogP contribution < -0.4 is 5.73 Å². The number of methoxy groups -OCH3 is 1. The van der Waals surface area contributed by atoms with Crippen LogP contribution in [-0.4, -0.2) is 39.6 Å². The first kappa shape index (κ1) is 11.7. The van der Waals surface area contributed by atoms with Crippen molar-refractivity contribution in [2.24, 2.45) is 5.10 Å². The molecule has 1 aromatic carbocycles. The van der Waals surface area contributed by atoms with Crippen LogP contribution in [-0.2, 0) is 4.74 Å². The molecule has 0 saturated carbocycles. The molecule has 8 heteroatoms. The molecule has 2 N–H and O–H groups in total. The van der Waals surface area contributed by atoms with Gasteiger partial charge < -0.3 is 10.5 Å². The van der Waals surface area contributed by atoms with E-state index in [0.29, 0.717) is 5.56 Å². The minimum Gasteiger partial charge on any atom is -0.465 e. The highest BCUT2D eigenvalue weighted by Gasteiger charge is 2.03. The van der Waals surface area contributed by atoms with Gasteiger partial charge in [-0.1, -0.05) is 22.0 Å². The molecule has 0 bridgehead atoms. The molecule has 0 spiro atoms. The molecule has 0 unspecified atom stereocenters. The van der Waals surface area contributed by atoms with Crippen LogP contribution in [0.2, 0.25) is 0 Å². The quantitative estimate of drug-likeness (QED) is 0.599. The number of rotatable bonds is 3. The molecule has 0 fully saturated rings. The summed E-state index contributed by atoms with van der Waals surface area (Å²) in [5, 5.41) is 14.3. The molecule has 0 aliphatic heterocycles. The van der Waals surface area contributed by atoms with Gasteiger partial charge in [0.15, 0.2) is 0 Å². The summed E-state index contributed by atoms with van der Waals surface area (Å²) in [5.41, 5.74) is 6.68. The molecule has 0 amide bonds. The highest BCUT2D eigenvalue weighted by atomic mass is 16.5. The van der Waals surface area contributed by atoms with Gasteiger partial charge in [0.25, 0.3) is 5.95 Å². The maximum atomic E-state index is 11.2. The van der Waals surface area contributed by atoms with E-state index in [1.54, 1.807) is 24.3 Å². The molecule has 0 radical (unpaired) electrons.